The first-order valence-electron chi connectivity index (χ1n) is 41.2. The molecule has 10 amide bonds. The monoisotopic (exact) mass is 1760 g/mol. The van der Waals surface area contributed by atoms with Crippen LogP contribution < -0.4 is 78.4 Å². The van der Waals surface area contributed by atoms with Gasteiger partial charge in [0.2, 0.25) is 53.4 Å². The largest absolute Gasteiger partial charge is 0.507 e. The minimum Gasteiger partial charge on any atom is -0.507 e. The number of halogens is 1. The van der Waals surface area contributed by atoms with Crippen molar-refractivity contribution in [1.29, 1.82) is 0 Å². The molecule has 0 saturated carbocycles. The van der Waals surface area contributed by atoms with Gasteiger partial charge in [0.1, 0.15) is 89.5 Å². The normalized spacial score (nSPS) is 26.3. The summed E-state index contributed by atoms with van der Waals surface area (Å²) in [4.78, 5) is 145. The fourth-order valence-corrected chi connectivity index (χ4v) is 16.3. The molecule has 0 radical (unpaired) electrons. The molecule has 11 bridgehead atoms. The van der Waals surface area contributed by atoms with Gasteiger partial charge in [0.05, 0.1) is 41.3 Å². The Hall–Kier alpha value is -11.7. The highest BCUT2D eigenvalue weighted by molar-refractivity contribution is 6.32. The second-order valence-corrected chi connectivity index (χ2v) is 32.9. The molecule has 39 heteroatoms. The number of benzene rings is 6. The SMILES string of the molecule is CCCCCCc1ccc(NC(=O)NCCCCNCc2c(O)cc3c(c2O)-c2cc(ccc2O)[C@H]2NC(=O)[C@@H]4NC(=O)[C@H](CC(N)=O)NC(=O)[C@H](NC(=O)[C@@H](CC(C)C)NC)[C@H](O)c5ccc(c(C)c5)Oc5cc4cc(c5O[C@@H]4O[C@H](CO)[C@@H](O)[C@H](O)[C@H]4O[C@H]4C[C@]5(C)NC(=O)O[C@@H]5[C@H](C)O4)Oc4ccc(cc4Cl)[C@@H](O)[C@H](NC2=O)C(=O)N[C@@H]3C(=O)O)cc1. The van der Waals surface area contributed by atoms with E-state index in [2.05, 4.69) is 65.4 Å². The number of rotatable bonds is 26. The zero-order valence-electron chi connectivity index (χ0n) is 69.4. The standard InChI is InChI=1S/C86H105ClN12O26/c1-8-9-10-11-14-41-15-20-46(21-16-41)92-84(117)91-26-13-12-25-90-36-49-54(102)33-48-62(70(49)106)47-29-42(17-22-53(47)101)63-78(111)98-67(81(114)96-65(48)82(115)116)69(105)44-19-24-56(50(87)30-44)121-58-32-45-31-57(73(58)124-83-74(72(108)71(107)59(37-100)122-83)123-61-35-86(6)75(40(5)119-61)125-85(118)99-86)120-55-23-18-43(28-39(55)4)68(104)66(97-76(109)51(89-7)27-38(2)3)80(113)93-52(34-60(88)103)77(110)94-64(45)79(112)95-63/h15-24,28-33,38,40,51-52,59,61,63-69,71-72,74-75,83,89-90,100-102,104-108H,8-14,25-27,34-37H2,1-7H3,(H2,88,103)(H,93,113)(H,94,110)(H,95,112)(H,96,114)(H,97,109)(H,98,111)(H,99,118)(H,115,116)(H2,91,92,117)/t40-,51+,52-,59+,61-,63+,64+,65-,66+,67-,68+,69+,71+,72-,74+,75+,83-,86-/m0/s1. The van der Waals surface area contributed by atoms with Crippen molar-refractivity contribution >= 4 is 76.7 Å². The highest BCUT2D eigenvalue weighted by atomic mass is 35.5. The number of aryl methyl sites for hydroxylation is 2. The molecular weight excluding hydrogens is 1650 g/mol. The van der Waals surface area contributed by atoms with Gasteiger partial charge in [-0.15, -0.1) is 0 Å². The molecule has 6 aromatic carbocycles. The Morgan fingerprint density at radius 1 is 0.712 bits per heavy atom. The summed E-state index contributed by atoms with van der Waals surface area (Å²) in [5, 5.41) is 136. The number of carboxylic acids is 1. The Morgan fingerprint density at radius 2 is 1.38 bits per heavy atom. The quantitative estimate of drug-likeness (QED) is 0.0335. The molecule has 0 unspecified atom stereocenters. The van der Waals surface area contributed by atoms with Crippen LogP contribution in [-0.2, 0) is 70.3 Å². The minimum absolute atomic E-state index is 0.0424. The summed E-state index contributed by atoms with van der Waals surface area (Å²) in [6.07, 6.45) is -12.4. The van der Waals surface area contributed by atoms with Gasteiger partial charge in [-0.05, 0) is 172 Å². The molecule has 6 aromatic rings. The number of likely N-dealkylation sites (N-methyl/N-ethyl adjacent to an activating group) is 1. The lowest BCUT2D eigenvalue weighted by Gasteiger charge is -2.46. The fraction of sp³-hybridized carbons (Fsp3) is 0.465. The number of primary amides is 1. The van der Waals surface area contributed by atoms with Gasteiger partial charge in [-0.1, -0.05) is 82.0 Å². The number of aromatic hydroxyl groups is 3. The van der Waals surface area contributed by atoms with Gasteiger partial charge in [0.15, 0.2) is 36.0 Å². The van der Waals surface area contributed by atoms with Gasteiger partial charge in [0, 0.05) is 41.9 Å². The molecule has 0 aromatic heterocycles. The van der Waals surface area contributed by atoms with Gasteiger partial charge < -0.3 is 143 Å². The van der Waals surface area contributed by atoms with Crippen LogP contribution in [0.1, 0.15) is 167 Å². The van der Waals surface area contributed by atoms with Crippen LogP contribution in [0.15, 0.2) is 97.1 Å². The number of urea groups is 1. The molecule has 38 nitrogen and oxygen atoms in total. The molecule has 3 saturated heterocycles. The van der Waals surface area contributed by atoms with Crippen LogP contribution in [0.3, 0.4) is 0 Å². The van der Waals surface area contributed by atoms with Crippen molar-refractivity contribution in [2.75, 3.05) is 32.1 Å². The maximum Gasteiger partial charge on any atom is 0.408 e. The van der Waals surface area contributed by atoms with E-state index in [1.807, 2.05) is 38.1 Å². The minimum atomic E-state index is -2.36. The average Bonchev–Trinajstić information content (AvgIpc) is 1.72. The van der Waals surface area contributed by atoms with E-state index in [1.54, 1.807) is 13.8 Å². The van der Waals surface area contributed by atoms with E-state index in [0.29, 0.717) is 18.5 Å². The van der Waals surface area contributed by atoms with Crippen LogP contribution in [0, 0.1) is 12.8 Å². The number of nitrogens with two attached hydrogens (primary N) is 1. The molecule has 0 spiro atoms. The van der Waals surface area contributed by atoms with E-state index in [0.717, 1.165) is 92.3 Å². The molecule has 22 N–H and O–H groups in total. The number of carbonyl (C=O) groups excluding carboxylic acids is 9. The molecule has 8 aliphatic rings. The third kappa shape index (κ3) is 21.3. The van der Waals surface area contributed by atoms with Crippen molar-refractivity contribution < 1.29 is 127 Å². The number of phenolic OH excluding ortho intramolecular Hbond substituents is 3. The molecule has 0 aliphatic carbocycles. The van der Waals surface area contributed by atoms with E-state index in [4.69, 9.17) is 50.5 Å². The van der Waals surface area contributed by atoms with E-state index in [9.17, 15) is 69.9 Å². The number of carbonyl (C=O) groups is 10. The van der Waals surface area contributed by atoms with Gasteiger partial charge >= 0.3 is 18.1 Å². The Morgan fingerprint density at radius 3 is 2.06 bits per heavy atom. The van der Waals surface area contributed by atoms with Crippen molar-refractivity contribution in [2.24, 2.45) is 11.7 Å². The Labute approximate surface area is 722 Å². The highest BCUT2D eigenvalue weighted by Crippen LogP contribution is 2.51. The summed E-state index contributed by atoms with van der Waals surface area (Å²) in [5.41, 5.74) is 3.51. The first-order valence-corrected chi connectivity index (χ1v) is 41.6. The number of fused-ring (bicyclic) bond motifs is 16. The number of aliphatic hydroxyl groups excluding tert-OH is 5. The van der Waals surface area contributed by atoms with Crippen LogP contribution >= 0.6 is 11.6 Å². The number of nitrogens with one attached hydrogen (secondary N) is 11. The number of alkyl carbamates (subject to hydrolysis) is 1. The van der Waals surface area contributed by atoms with Gasteiger partial charge in [-0.3, -0.25) is 33.6 Å². The lowest BCUT2D eigenvalue weighted by atomic mass is 9.86. The van der Waals surface area contributed by atoms with Crippen molar-refractivity contribution in [3.63, 3.8) is 0 Å². The predicted molar refractivity (Wildman–Crippen MR) is 444 cm³/mol. The number of amides is 10. The lowest BCUT2D eigenvalue weighted by Crippen LogP contribution is -2.63. The summed E-state index contributed by atoms with van der Waals surface area (Å²) < 4.78 is 44.8. The van der Waals surface area contributed by atoms with E-state index in [1.165, 1.54) is 32.2 Å². The highest BCUT2D eigenvalue weighted by Gasteiger charge is 2.56. The zero-order chi connectivity index (χ0) is 90.2. The van der Waals surface area contributed by atoms with Crippen LogP contribution in [0.4, 0.5) is 15.3 Å². The maximum absolute atomic E-state index is 16.4. The van der Waals surface area contributed by atoms with Crippen LogP contribution in [-0.4, -0.2) is 211 Å². The fourth-order valence-electron chi connectivity index (χ4n) is 16.1. The molecule has 125 heavy (non-hydrogen) atoms. The zero-order valence-corrected chi connectivity index (χ0v) is 70.2. The maximum atomic E-state index is 16.4. The molecule has 18 atom stereocenters. The van der Waals surface area contributed by atoms with Gasteiger partial charge in [-0.2, -0.15) is 0 Å². The predicted octanol–water partition coefficient (Wildman–Crippen LogP) is 4.36. The van der Waals surface area contributed by atoms with Crippen molar-refractivity contribution in [3.05, 3.63) is 147 Å². The Balaban J connectivity index is 0.984. The second-order valence-electron chi connectivity index (χ2n) is 32.5. The number of hydrogen-bond acceptors (Lipinski definition) is 27. The van der Waals surface area contributed by atoms with Crippen LogP contribution in [0.25, 0.3) is 11.1 Å². The number of carboxylic acid groups (broad SMARTS) is 1. The summed E-state index contributed by atoms with van der Waals surface area (Å²) >= 11 is 7.18. The van der Waals surface area contributed by atoms with Gasteiger partial charge in [-0.25, -0.2) is 14.4 Å². The topological polar surface area (TPSA) is 576 Å². The van der Waals surface area contributed by atoms with Crippen molar-refractivity contribution in [2.45, 2.75) is 222 Å². The van der Waals surface area contributed by atoms with Crippen LogP contribution in [0.2, 0.25) is 5.02 Å². The van der Waals surface area contributed by atoms with Crippen molar-refractivity contribution in [3.8, 4) is 57.1 Å². The number of anilines is 1. The number of ether oxygens (including phenoxy) is 7. The average molecular weight is 1760 g/mol. The summed E-state index contributed by atoms with van der Waals surface area (Å²) in [6, 6.07) is 6.29. The molecule has 8 aliphatic heterocycles. The molecule has 3 fully saturated rings. The lowest BCUT2D eigenvalue weighted by molar-refractivity contribution is -0.332. The second kappa shape index (κ2) is 40.1. The number of phenols is 3. The smallest absolute Gasteiger partial charge is 0.408 e. The van der Waals surface area contributed by atoms with Gasteiger partial charge in [0.25, 0.3) is 0 Å². The van der Waals surface area contributed by atoms with E-state index >= 15 is 24.0 Å². The molecule has 672 valence electrons. The number of hydrogen-bond donors (Lipinski definition) is 21. The molecule has 8 heterocycles. The van der Waals surface area contributed by atoms with E-state index < -0.39 is 243 Å². The number of unbranched alkanes of at least 4 members (excludes halogenated alkanes) is 4. The summed E-state index contributed by atoms with van der Waals surface area (Å²) in [6.45, 7) is 9.67. The Bertz CT molecular complexity index is 5050. The molecule has 14 rings (SSSR count). The third-order valence-electron chi connectivity index (χ3n) is 22.7. The van der Waals surface area contributed by atoms with E-state index in [-0.39, 0.29) is 77.7 Å². The number of aliphatic hydroxyl groups is 5. The summed E-state index contributed by atoms with van der Waals surface area (Å²) in [7, 11) is 1.49. The third-order valence-corrected chi connectivity index (χ3v) is 23.0. The van der Waals surface area contributed by atoms with Crippen molar-refractivity contribution in [1.82, 2.24) is 53.2 Å². The Kier molecular flexibility index (Phi) is 29.7. The summed E-state index contributed by atoms with van der Waals surface area (Å²) in [5.74, 6) is -15.6. The molecular formula is C86H105ClN12O26. The first-order chi connectivity index (χ1) is 59.5. The first kappa shape index (κ1) is 92.5. The number of aliphatic carboxylic acids is 1. The van der Waals surface area contributed by atoms with Crippen LogP contribution in [0.5, 0.6) is 46.0 Å².